The van der Waals surface area contributed by atoms with Crippen LogP contribution in [0.1, 0.15) is 50.5 Å². The second-order valence-corrected chi connectivity index (χ2v) is 8.53. The zero-order valence-corrected chi connectivity index (χ0v) is 16.1. The van der Waals surface area contributed by atoms with Gasteiger partial charge in [-0.15, -0.1) is 0 Å². The fraction of sp³-hybridized carbons (Fsp3) is 0.714. The molecule has 1 aromatic rings. The van der Waals surface area contributed by atoms with Crippen LogP contribution in [0.5, 0.6) is 0 Å². The summed E-state index contributed by atoms with van der Waals surface area (Å²) in [5, 5.41) is 0. The van der Waals surface area contributed by atoms with Crippen molar-refractivity contribution in [3.63, 3.8) is 0 Å². The van der Waals surface area contributed by atoms with Gasteiger partial charge in [0.1, 0.15) is 5.82 Å². The molecular weight excluding hydrogens is 367 g/mol. The first-order valence-electron chi connectivity index (χ1n) is 10.5. The molecule has 154 valence electrons. The predicted octanol–water partition coefficient (Wildman–Crippen LogP) is 4.36. The first kappa shape index (κ1) is 19.5. The number of amides is 1. The van der Waals surface area contributed by atoms with E-state index in [9.17, 15) is 18.0 Å². The van der Waals surface area contributed by atoms with Gasteiger partial charge < -0.3 is 9.80 Å². The van der Waals surface area contributed by atoms with E-state index in [0.717, 1.165) is 24.1 Å². The van der Waals surface area contributed by atoms with Crippen molar-refractivity contribution < 1.29 is 18.0 Å². The van der Waals surface area contributed by atoms with Crippen LogP contribution in [0.3, 0.4) is 0 Å². The summed E-state index contributed by atoms with van der Waals surface area (Å²) in [6.45, 7) is 2.45. The van der Waals surface area contributed by atoms with E-state index in [0.29, 0.717) is 44.3 Å². The maximum absolute atomic E-state index is 12.7. The van der Waals surface area contributed by atoms with Crippen LogP contribution in [0, 0.1) is 17.8 Å². The summed E-state index contributed by atoms with van der Waals surface area (Å²) in [5.74, 6) is 2.96. The normalized spacial score (nSPS) is 26.4. The highest BCUT2D eigenvalue weighted by atomic mass is 19.4. The number of hydrogen-bond donors (Lipinski definition) is 0. The summed E-state index contributed by atoms with van der Waals surface area (Å²) in [6, 6.07) is 2.48. The van der Waals surface area contributed by atoms with E-state index in [1.165, 1.54) is 44.6 Å². The first-order chi connectivity index (χ1) is 13.4. The zero-order chi connectivity index (χ0) is 19.7. The monoisotopic (exact) mass is 395 g/mol. The Kier molecular flexibility index (Phi) is 5.52. The van der Waals surface area contributed by atoms with Crippen LogP contribution in [-0.4, -0.2) is 42.0 Å². The number of hydrogen-bond acceptors (Lipinski definition) is 3. The third-order valence-corrected chi connectivity index (χ3v) is 6.70. The van der Waals surface area contributed by atoms with Gasteiger partial charge in [-0.1, -0.05) is 32.1 Å². The van der Waals surface area contributed by atoms with Gasteiger partial charge in [-0.2, -0.15) is 13.2 Å². The van der Waals surface area contributed by atoms with E-state index >= 15 is 0 Å². The zero-order valence-electron chi connectivity index (χ0n) is 16.1. The van der Waals surface area contributed by atoms with Crippen molar-refractivity contribution >= 4 is 11.7 Å². The van der Waals surface area contributed by atoms with Crippen molar-refractivity contribution in [3.05, 3.63) is 23.9 Å². The second-order valence-electron chi connectivity index (χ2n) is 8.53. The highest BCUT2D eigenvalue weighted by Crippen LogP contribution is 2.51. The van der Waals surface area contributed by atoms with Gasteiger partial charge in [0.05, 0.1) is 5.56 Å². The second kappa shape index (κ2) is 7.91. The molecule has 2 aliphatic carbocycles. The summed E-state index contributed by atoms with van der Waals surface area (Å²) in [7, 11) is 0. The Morgan fingerprint density at radius 1 is 1.07 bits per heavy atom. The SMILES string of the molecule is O=C(CC1CC1C1CCCCC1)N1CCN(c2ccc(C(F)(F)F)cn2)CC1. The van der Waals surface area contributed by atoms with Crippen LogP contribution in [0.25, 0.3) is 0 Å². The van der Waals surface area contributed by atoms with Gasteiger partial charge in [0.15, 0.2) is 0 Å². The lowest BCUT2D eigenvalue weighted by molar-refractivity contribution is -0.138. The molecule has 4 nitrogen and oxygen atoms in total. The number of halogens is 3. The van der Waals surface area contributed by atoms with Crippen LogP contribution in [0.15, 0.2) is 18.3 Å². The number of alkyl halides is 3. The summed E-state index contributed by atoms with van der Waals surface area (Å²) in [4.78, 5) is 20.5. The van der Waals surface area contributed by atoms with Crippen LogP contribution in [0.4, 0.5) is 19.0 Å². The lowest BCUT2D eigenvalue weighted by Crippen LogP contribution is -2.49. The largest absolute Gasteiger partial charge is 0.417 e. The van der Waals surface area contributed by atoms with Gasteiger partial charge in [0.2, 0.25) is 5.91 Å². The van der Waals surface area contributed by atoms with Crippen molar-refractivity contribution in [2.24, 2.45) is 17.8 Å². The maximum atomic E-state index is 12.7. The van der Waals surface area contributed by atoms with E-state index in [-0.39, 0.29) is 5.91 Å². The predicted molar refractivity (Wildman–Crippen MR) is 101 cm³/mol. The Morgan fingerprint density at radius 2 is 1.79 bits per heavy atom. The van der Waals surface area contributed by atoms with Gasteiger partial charge >= 0.3 is 6.18 Å². The van der Waals surface area contributed by atoms with E-state index < -0.39 is 11.7 Å². The van der Waals surface area contributed by atoms with Crippen molar-refractivity contribution in [1.29, 1.82) is 0 Å². The molecule has 2 heterocycles. The van der Waals surface area contributed by atoms with E-state index in [2.05, 4.69) is 4.98 Å². The molecule has 0 spiro atoms. The number of rotatable bonds is 4. The number of anilines is 1. The van der Waals surface area contributed by atoms with Crippen LogP contribution >= 0.6 is 0 Å². The van der Waals surface area contributed by atoms with E-state index in [4.69, 9.17) is 0 Å². The molecule has 0 bridgehead atoms. The fourth-order valence-electron chi connectivity index (χ4n) is 4.92. The molecule has 1 saturated heterocycles. The standard InChI is InChI=1S/C21H28F3N3O/c22-21(23,24)17-6-7-19(25-14-17)26-8-10-27(11-9-26)20(28)13-16-12-18(16)15-4-2-1-3-5-15/h6-7,14-16,18H,1-5,8-13H2. The van der Waals surface area contributed by atoms with Gasteiger partial charge in [0, 0.05) is 38.8 Å². The topological polar surface area (TPSA) is 36.4 Å². The molecule has 7 heteroatoms. The van der Waals surface area contributed by atoms with E-state index in [1.54, 1.807) is 0 Å². The molecule has 1 amide bonds. The Bertz CT molecular complexity index is 677. The molecule has 2 unspecified atom stereocenters. The number of aromatic nitrogens is 1. The molecule has 3 fully saturated rings. The van der Waals surface area contributed by atoms with E-state index in [1.807, 2.05) is 9.80 Å². The smallest absolute Gasteiger partial charge is 0.353 e. The molecule has 1 aliphatic heterocycles. The molecular formula is C21H28F3N3O. The number of piperazine rings is 1. The Labute approximate surface area is 164 Å². The van der Waals surface area contributed by atoms with Crippen molar-refractivity contribution in [1.82, 2.24) is 9.88 Å². The van der Waals surface area contributed by atoms with Gasteiger partial charge in [-0.3, -0.25) is 4.79 Å². The van der Waals surface area contributed by atoms with Crippen LogP contribution in [0.2, 0.25) is 0 Å². The molecule has 28 heavy (non-hydrogen) atoms. The minimum atomic E-state index is -4.37. The van der Waals surface area contributed by atoms with Gasteiger partial charge in [-0.25, -0.2) is 4.98 Å². The Morgan fingerprint density at radius 3 is 2.39 bits per heavy atom. The Hall–Kier alpha value is -1.79. The summed E-state index contributed by atoms with van der Waals surface area (Å²) in [6.07, 6.45) is 5.14. The lowest BCUT2D eigenvalue weighted by atomic mass is 9.85. The minimum absolute atomic E-state index is 0.239. The molecule has 0 aromatic carbocycles. The van der Waals surface area contributed by atoms with Gasteiger partial charge in [-0.05, 0) is 36.3 Å². The Balaban J connectivity index is 1.23. The molecule has 3 aliphatic rings. The van der Waals surface area contributed by atoms with Crippen molar-refractivity contribution in [2.75, 3.05) is 31.1 Å². The van der Waals surface area contributed by atoms with Crippen molar-refractivity contribution in [3.8, 4) is 0 Å². The fourth-order valence-corrected chi connectivity index (χ4v) is 4.92. The number of pyridine rings is 1. The van der Waals surface area contributed by atoms with Crippen molar-refractivity contribution in [2.45, 2.75) is 51.1 Å². The molecule has 2 atom stereocenters. The number of carbonyl (C=O) groups excluding carboxylic acids is 1. The first-order valence-corrected chi connectivity index (χ1v) is 10.5. The van der Waals surface area contributed by atoms with Gasteiger partial charge in [0.25, 0.3) is 0 Å². The summed E-state index contributed by atoms with van der Waals surface area (Å²) < 4.78 is 38.0. The molecule has 1 aromatic heterocycles. The molecule has 0 radical (unpaired) electrons. The average molecular weight is 395 g/mol. The molecule has 0 N–H and O–H groups in total. The van der Waals surface area contributed by atoms with Crippen LogP contribution < -0.4 is 4.90 Å². The van der Waals surface area contributed by atoms with Crippen LogP contribution in [-0.2, 0) is 11.0 Å². The molecule has 2 saturated carbocycles. The third kappa shape index (κ3) is 4.44. The average Bonchev–Trinajstić information content (AvgIpc) is 3.47. The summed E-state index contributed by atoms with van der Waals surface area (Å²) in [5.41, 5.74) is -0.734. The number of carbonyl (C=O) groups is 1. The lowest BCUT2D eigenvalue weighted by Gasteiger charge is -2.35. The third-order valence-electron chi connectivity index (χ3n) is 6.70. The minimum Gasteiger partial charge on any atom is -0.353 e. The summed E-state index contributed by atoms with van der Waals surface area (Å²) >= 11 is 0. The highest BCUT2D eigenvalue weighted by molar-refractivity contribution is 5.77. The number of nitrogens with zero attached hydrogens (tertiary/aromatic N) is 3. The maximum Gasteiger partial charge on any atom is 0.417 e. The molecule has 4 rings (SSSR count). The quantitative estimate of drug-likeness (QED) is 0.760. The highest BCUT2D eigenvalue weighted by Gasteiger charge is 2.44.